The van der Waals surface area contributed by atoms with Gasteiger partial charge in [-0.05, 0) is 31.9 Å². The van der Waals surface area contributed by atoms with Crippen molar-refractivity contribution in [3.63, 3.8) is 0 Å². The molecule has 0 radical (unpaired) electrons. The molecule has 4 nitrogen and oxygen atoms in total. The van der Waals surface area contributed by atoms with Crippen molar-refractivity contribution in [2.24, 2.45) is 0 Å². The Balaban J connectivity index is 2.09. The van der Waals surface area contributed by atoms with Crippen molar-refractivity contribution in [1.29, 1.82) is 0 Å². The lowest BCUT2D eigenvalue weighted by Crippen LogP contribution is -2.18. The van der Waals surface area contributed by atoms with E-state index >= 15 is 0 Å². The first-order valence-electron chi connectivity index (χ1n) is 6.51. The normalized spacial score (nSPS) is 10.1. The number of pyridine rings is 1. The molecule has 0 aliphatic heterocycles. The number of rotatable bonds is 8. The predicted octanol–water partition coefficient (Wildman–Crippen LogP) is 2.64. The molecule has 0 fully saturated rings. The van der Waals surface area contributed by atoms with Crippen molar-refractivity contribution in [3.8, 4) is 0 Å². The van der Waals surface area contributed by atoms with E-state index in [9.17, 15) is 4.79 Å². The Morgan fingerprint density at radius 1 is 1.28 bits per heavy atom. The van der Waals surface area contributed by atoms with E-state index in [1.807, 2.05) is 19.1 Å². The smallest absolute Gasteiger partial charge is 0.305 e. The van der Waals surface area contributed by atoms with Gasteiger partial charge in [0.2, 0.25) is 0 Å². The van der Waals surface area contributed by atoms with Crippen molar-refractivity contribution in [1.82, 2.24) is 4.98 Å². The van der Waals surface area contributed by atoms with Crippen LogP contribution in [-0.4, -0.2) is 31.2 Å². The second kappa shape index (κ2) is 8.50. The third kappa shape index (κ3) is 5.66. The van der Waals surface area contributed by atoms with E-state index in [1.165, 1.54) is 5.69 Å². The number of nitrogens with zero attached hydrogens (tertiary/aromatic N) is 2. The standard InChI is InChI=1S/C14H22N2O2/c1-3-18-14(17)7-5-4-6-12-16(2)13-8-10-15-11-9-13/h8-11H,3-7,12H2,1-2H3. The summed E-state index contributed by atoms with van der Waals surface area (Å²) in [6.07, 6.45) is 7.17. The maximum Gasteiger partial charge on any atom is 0.305 e. The van der Waals surface area contributed by atoms with Gasteiger partial charge in [0.05, 0.1) is 6.61 Å². The lowest BCUT2D eigenvalue weighted by atomic mass is 10.2. The summed E-state index contributed by atoms with van der Waals surface area (Å²) in [6, 6.07) is 4.00. The molecule has 0 atom stereocenters. The Bertz CT molecular complexity index is 341. The maximum absolute atomic E-state index is 11.1. The zero-order valence-corrected chi connectivity index (χ0v) is 11.3. The summed E-state index contributed by atoms with van der Waals surface area (Å²) in [7, 11) is 2.07. The van der Waals surface area contributed by atoms with Crippen LogP contribution in [0.4, 0.5) is 5.69 Å². The second-order valence-electron chi connectivity index (χ2n) is 4.24. The number of carbonyl (C=O) groups excluding carboxylic acids is 1. The van der Waals surface area contributed by atoms with E-state index in [1.54, 1.807) is 12.4 Å². The van der Waals surface area contributed by atoms with Crippen molar-refractivity contribution < 1.29 is 9.53 Å². The van der Waals surface area contributed by atoms with Gasteiger partial charge in [-0.25, -0.2) is 0 Å². The van der Waals surface area contributed by atoms with Crippen LogP contribution in [0, 0.1) is 0 Å². The van der Waals surface area contributed by atoms with Gasteiger partial charge >= 0.3 is 5.97 Å². The third-order valence-electron chi connectivity index (χ3n) is 2.78. The minimum atomic E-state index is -0.0833. The SMILES string of the molecule is CCOC(=O)CCCCCN(C)c1ccncc1. The first-order chi connectivity index (χ1) is 8.74. The largest absolute Gasteiger partial charge is 0.466 e. The molecule has 0 saturated heterocycles. The lowest BCUT2D eigenvalue weighted by molar-refractivity contribution is -0.143. The molecule has 0 aromatic carbocycles. The highest BCUT2D eigenvalue weighted by Crippen LogP contribution is 2.11. The average Bonchev–Trinajstić information content (AvgIpc) is 2.39. The van der Waals surface area contributed by atoms with Gasteiger partial charge in [-0.15, -0.1) is 0 Å². The zero-order valence-electron chi connectivity index (χ0n) is 11.3. The van der Waals surface area contributed by atoms with Gasteiger partial charge < -0.3 is 9.64 Å². The average molecular weight is 250 g/mol. The molecule has 18 heavy (non-hydrogen) atoms. The Morgan fingerprint density at radius 2 is 2.00 bits per heavy atom. The molecule has 1 heterocycles. The summed E-state index contributed by atoms with van der Waals surface area (Å²) in [5.74, 6) is -0.0833. The highest BCUT2D eigenvalue weighted by Gasteiger charge is 2.02. The molecule has 0 amide bonds. The molecule has 0 saturated carbocycles. The van der Waals surface area contributed by atoms with Crippen LogP contribution in [0.1, 0.15) is 32.6 Å². The number of hydrogen-bond donors (Lipinski definition) is 0. The zero-order chi connectivity index (χ0) is 13.2. The van der Waals surface area contributed by atoms with Crippen molar-refractivity contribution >= 4 is 11.7 Å². The minimum Gasteiger partial charge on any atom is -0.466 e. The van der Waals surface area contributed by atoms with Crippen molar-refractivity contribution in [2.75, 3.05) is 25.1 Å². The number of ether oxygens (including phenoxy) is 1. The van der Waals surface area contributed by atoms with E-state index in [0.29, 0.717) is 13.0 Å². The number of anilines is 1. The highest BCUT2D eigenvalue weighted by molar-refractivity contribution is 5.69. The van der Waals surface area contributed by atoms with Gasteiger partial charge in [-0.3, -0.25) is 9.78 Å². The molecule has 1 aromatic heterocycles. The fourth-order valence-corrected chi connectivity index (χ4v) is 1.76. The number of hydrogen-bond acceptors (Lipinski definition) is 4. The molecule has 1 rings (SSSR count). The van der Waals surface area contributed by atoms with Crippen LogP contribution in [-0.2, 0) is 9.53 Å². The maximum atomic E-state index is 11.1. The van der Waals surface area contributed by atoms with Gasteiger partial charge in [-0.1, -0.05) is 6.42 Å². The van der Waals surface area contributed by atoms with Crippen LogP contribution in [0.5, 0.6) is 0 Å². The molecular formula is C14H22N2O2. The third-order valence-corrected chi connectivity index (χ3v) is 2.78. The van der Waals surface area contributed by atoms with E-state index in [-0.39, 0.29) is 5.97 Å². The first kappa shape index (κ1) is 14.5. The fourth-order valence-electron chi connectivity index (χ4n) is 1.76. The Morgan fingerprint density at radius 3 is 2.67 bits per heavy atom. The van der Waals surface area contributed by atoms with Gasteiger partial charge in [0.25, 0.3) is 0 Å². The van der Waals surface area contributed by atoms with Crippen LogP contribution in [0.15, 0.2) is 24.5 Å². The fraction of sp³-hybridized carbons (Fsp3) is 0.571. The van der Waals surface area contributed by atoms with E-state index in [2.05, 4.69) is 16.9 Å². The molecule has 100 valence electrons. The lowest BCUT2D eigenvalue weighted by Gasteiger charge is -2.18. The Kier molecular flexibility index (Phi) is 6.84. The Hall–Kier alpha value is -1.58. The van der Waals surface area contributed by atoms with Crippen LogP contribution in [0.25, 0.3) is 0 Å². The molecule has 1 aromatic rings. The van der Waals surface area contributed by atoms with Crippen molar-refractivity contribution in [2.45, 2.75) is 32.6 Å². The molecule has 0 unspecified atom stereocenters. The van der Waals surface area contributed by atoms with Crippen LogP contribution < -0.4 is 4.90 Å². The summed E-state index contributed by atoms with van der Waals surface area (Å²) in [6.45, 7) is 3.30. The summed E-state index contributed by atoms with van der Waals surface area (Å²) in [4.78, 5) is 17.3. The molecule has 0 N–H and O–H groups in total. The number of carbonyl (C=O) groups is 1. The highest BCUT2D eigenvalue weighted by atomic mass is 16.5. The van der Waals surface area contributed by atoms with E-state index < -0.39 is 0 Å². The second-order valence-corrected chi connectivity index (χ2v) is 4.24. The number of aromatic nitrogens is 1. The van der Waals surface area contributed by atoms with Gasteiger partial charge in [0.15, 0.2) is 0 Å². The van der Waals surface area contributed by atoms with Crippen LogP contribution >= 0.6 is 0 Å². The Labute approximate surface area is 109 Å². The molecule has 4 heteroatoms. The quantitative estimate of drug-likeness (QED) is 0.525. The summed E-state index contributed by atoms with van der Waals surface area (Å²) >= 11 is 0. The summed E-state index contributed by atoms with van der Waals surface area (Å²) in [5.41, 5.74) is 1.18. The minimum absolute atomic E-state index is 0.0833. The molecule has 0 bridgehead atoms. The number of esters is 1. The van der Waals surface area contributed by atoms with Crippen LogP contribution in [0.2, 0.25) is 0 Å². The topological polar surface area (TPSA) is 42.4 Å². The summed E-state index contributed by atoms with van der Waals surface area (Å²) < 4.78 is 4.88. The first-order valence-corrected chi connectivity index (χ1v) is 6.51. The molecule has 0 spiro atoms. The summed E-state index contributed by atoms with van der Waals surface area (Å²) in [5, 5.41) is 0. The predicted molar refractivity (Wildman–Crippen MR) is 72.6 cm³/mol. The van der Waals surface area contributed by atoms with Crippen molar-refractivity contribution in [3.05, 3.63) is 24.5 Å². The molecule has 0 aliphatic rings. The van der Waals surface area contributed by atoms with E-state index in [4.69, 9.17) is 4.74 Å². The van der Waals surface area contributed by atoms with Gasteiger partial charge in [0, 0.05) is 38.1 Å². The van der Waals surface area contributed by atoms with Gasteiger partial charge in [-0.2, -0.15) is 0 Å². The monoisotopic (exact) mass is 250 g/mol. The number of unbranched alkanes of at least 4 members (excludes halogenated alkanes) is 2. The molecule has 0 aliphatic carbocycles. The molecular weight excluding hydrogens is 228 g/mol. The van der Waals surface area contributed by atoms with Gasteiger partial charge in [0.1, 0.15) is 0 Å². The van der Waals surface area contributed by atoms with E-state index in [0.717, 1.165) is 25.8 Å². The van der Waals surface area contributed by atoms with Crippen LogP contribution in [0.3, 0.4) is 0 Å².